The number of aromatic nitrogens is 1. The average Bonchev–Trinajstić information content (AvgIpc) is 3.05. The monoisotopic (exact) mass is 332 g/mol. The van der Waals surface area contributed by atoms with Crippen molar-refractivity contribution in [1.29, 1.82) is 0 Å². The van der Waals surface area contributed by atoms with E-state index in [1.54, 1.807) is 17.5 Å². The van der Waals surface area contributed by atoms with Crippen molar-refractivity contribution in [1.82, 2.24) is 4.98 Å². The van der Waals surface area contributed by atoms with E-state index < -0.39 is 7.12 Å². The third kappa shape index (κ3) is 3.22. The molecule has 7 heteroatoms. The Hall–Kier alpha value is -1.57. The first-order chi connectivity index (χ1) is 10.8. The Morgan fingerprint density at radius 1 is 1.22 bits per heavy atom. The van der Waals surface area contributed by atoms with Gasteiger partial charge < -0.3 is 19.8 Å². The summed E-state index contributed by atoms with van der Waals surface area (Å²) in [5, 5.41) is 2.83. The van der Waals surface area contributed by atoms with Crippen LogP contribution >= 0.6 is 11.3 Å². The highest BCUT2D eigenvalue weighted by Crippen LogP contribution is 2.36. The molecule has 2 aromatic rings. The largest absolute Gasteiger partial charge is 0.494 e. The molecule has 0 aliphatic carbocycles. The number of nitrogens with two attached hydrogens (primary N) is 1. The van der Waals surface area contributed by atoms with Crippen LogP contribution in [0.3, 0.4) is 0 Å². The Balaban J connectivity index is 1.78. The average molecular weight is 332 g/mol. The van der Waals surface area contributed by atoms with Gasteiger partial charge in [0.15, 0.2) is 0 Å². The number of benzene rings is 1. The molecule has 0 spiro atoms. The maximum atomic E-state index is 6.07. The van der Waals surface area contributed by atoms with Crippen LogP contribution in [-0.4, -0.2) is 23.3 Å². The van der Waals surface area contributed by atoms with Crippen molar-refractivity contribution in [2.24, 2.45) is 0 Å². The van der Waals surface area contributed by atoms with Crippen LogP contribution in [0, 0.1) is 0 Å². The van der Waals surface area contributed by atoms with Crippen molar-refractivity contribution in [2.45, 2.75) is 45.5 Å². The van der Waals surface area contributed by atoms with Gasteiger partial charge in [0.2, 0.25) is 0 Å². The maximum Gasteiger partial charge on any atom is 0.494 e. The Morgan fingerprint density at radius 3 is 2.52 bits per heavy atom. The van der Waals surface area contributed by atoms with Crippen LogP contribution in [0.15, 0.2) is 29.8 Å². The van der Waals surface area contributed by atoms with Gasteiger partial charge in [-0.15, -0.1) is 11.3 Å². The van der Waals surface area contributed by atoms with E-state index in [1.165, 1.54) is 0 Å². The Labute approximate surface area is 140 Å². The maximum absolute atomic E-state index is 6.07. The summed E-state index contributed by atoms with van der Waals surface area (Å²) < 4.78 is 17.9. The van der Waals surface area contributed by atoms with Crippen LogP contribution in [0.25, 0.3) is 0 Å². The van der Waals surface area contributed by atoms with Crippen LogP contribution < -0.4 is 15.9 Å². The van der Waals surface area contributed by atoms with Gasteiger partial charge in [0.1, 0.15) is 17.4 Å². The number of thiazole rings is 1. The molecule has 1 saturated heterocycles. The van der Waals surface area contributed by atoms with E-state index in [1.807, 2.05) is 51.3 Å². The number of nitrogens with zero attached hydrogens (tertiary/aromatic N) is 1. The van der Waals surface area contributed by atoms with Crippen LogP contribution in [0.5, 0.6) is 5.75 Å². The zero-order valence-corrected chi connectivity index (χ0v) is 14.6. The number of rotatable bonds is 4. The molecule has 0 unspecified atom stereocenters. The standard InChI is InChI=1S/C16H21BN2O3S/c1-15(2)16(3,4)22-17(21-15)11-5-6-12(18)13(9-11)20-10-14-19-7-8-23-14/h5-9H,10,18H2,1-4H3. The molecule has 2 N–H and O–H groups in total. The molecule has 0 amide bonds. The van der Waals surface area contributed by atoms with Crippen molar-refractivity contribution in [3.05, 3.63) is 34.8 Å². The van der Waals surface area contributed by atoms with E-state index in [9.17, 15) is 0 Å². The highest BCUT2D eigenvalue weighted by Gasteiger charge is 2.51. The van der Waals surface area contributed by atoms with E-state index in [4.69, 9.17) is 19.8 Å². The second kappa shape index (κ2) is 5.81. The molecule has 1 aliphatic heterocycles. The van der Waals surface area contributed by atoms with E-state index >= 15 is 0 Å². The van der Waals surface area contributed by atoms with Gasteiger partial charge in [0.25, 0.3) is 0 Å². The summed E-state index contributed by atoms with van der Waals surface area (Å²) in [5.74, 6) is 0.618. The summed E-state index contributed by atoms with van der Waals surface area (Å²) in [6.07, 6.45) is 1.76. The van der Waals surface area contributed by atoms with E-state index in [-0.39, 0.29) is 11.2 Å². The Kier molecular flexibility index (Phi) is 4.12. The molecule has 5 nitrogen and oxygen atoms in total. The van der Waals surface area contributed by atoms with E-state index in [0.717, 1.165) is 10.5 Å². The smallest absolute Gasteiger partial charge is 0.484 e. The lowest BCUT2D eigenvalue weighted by Crippen LogP contribution is -2.41. The Morgan fingerprint density at radius 2 is 1.91 bits per heavy atom. The molecule has 0 saturated carbocycles. The topological polar surface area (TPSA) is 66.6 Å². The lowest BCUT2D eigenvalue weighted by Gasteiger charge is -2.32. The summed E-state index contributed by atoms with van der Waals surface area (Å²) in [4.78, 5) is 4.20. The first kappa shape index (κ1) is 16.3. The zero-order valence-electron chi connectivity index (χ0n) is 13.8. The molecule has 2 heterocycles. The van der Waals surface area contributed by atoms with Gasteiger partial charge in [-0.1, -0.05) is 6.07 Å². The zero-order chi connectivity index (χ0) is 16.7. The number of anilines is 1. The molecule has 0 atom stereocenters. The molecule has 23 heavy (non-hydrogen) atoms. The fourth-order valence-corrected chi connectivity index (χ4v) is 2.79. The van der Waals surface area contributed by atoms with Crippen molar-refractivity contribution < 1.29 is 14.0 Å². The molecule has 1 aromatic heterocycles. The highest BCUT2D eigenvalue weighted by molar-refractivity contribution is 7.09. The molecule has 1 aliphatic rings. The van der Waals surface area contributed by atoms with Crippen LogP contribution in [-0.2, 0) is 15.9 Å². The minimum Gasteiger partial charge on any atom is -0.484 e. The number of ether oxygens (including phenoxy) is 1. The fourth-order valence-electron chi connectivity index (χ4n) is 2.27. The van der Waals surface area contributed by atoms with Crippen LogP contribution in [0.1, 0.15) is 32.7 Å². The first-order valence-corrected chi connectivity index (χ1v) is 8.43. The Bertz CT molecular complexity index is 673. The molecule has 0 radical (unpaired) electrons. The third-order valence-electron chi connectivity index (χ3n) is 4.40. The van der Waals surface area contributed by atoms with Crippen LogP contribution in [0.2, 0.25) is 0 Å². The van der Waals surface area contributed by atoms with Gasteiger partial charge in [-0.25, -0.2) is 4.98 Å². The quantitative estimate of drug-likeness (QED) is 0.689. The van der Waals surface area contributed by atoms with Crippen molar-refractivity contribution in [2.75, 3.05) is 5.73 Å². The fraction of sp³-hybridized carbons (Fsp3) is 0.438. The summed E-state index contributed by atoms with van der Waals surface area (Å²) in [6.45, 7) is 8.53. The SMILES string of the molecule is CC1(C)OB(c2ccc(N)c(OCc3nccs3)c2)OC1(C)C. The normalized spacial score (nSPS) is 19.0. The molecular formula is C16H21BN2O3S. The van der Waals surface area contributed by atoms with E-state index in [2.05, 4.69) is 4.98 Å². The van der Waals surface area contributed by atoms with Crippen molar-refractivity contribution in [3.8, 4) is 5.75 Å². The summed E-state index contributed by atoms with van der Waals surface area (Å²) in [5.41, 5.74) is 6.74. The minimum atomic E-state index is -0.428. The third-order valence-corrected chi connectivity index (χ3v) is 5.15. The van der Waals surface area contributed by atoms with E-state index in [0.29, 0.717) is 18.0 Å². The first-order valence-electron chi connectivity index (χ1n) is 7.55. The van der Waals surface area contributed by atoms with Gasteiger partial charge >= 0.3 is 7.12 Å². The van der Waals surface area contributed by atoms with Crippen molar-refractivity contribution >= 4 is 29.6 Å². The molecule has 1 aromatic carbocycles. The molecule has 3 rings (SSSR count). The minimum absolute atomic E-state index is 0.374. The number of hydrogen-bond donors (Lipinski definition) is 1. The predicted molar refractivity (Wildman–Crippen MR) is 93.0 cm³/mol. The molecule has 1 fully saturated rings. The molecular weight excluding hydrogens is 311 g/mol. The van der Waals surface area contributed by atoms with Gasteiger partial charge in [0, 0.05) is 11.6 Å². The second-order valence-electron chi connectivity index (χ2n) is 6.60. The molecule has 0 bridgehead atoms. The van der Waals surface area contributed by atoms with Gasteiger partial charge in [-0.2, -0.15) is 0 Å². The molecule has 122 valence electrons. The van der Waals surface area contributed by atoms with Gasteiger partial charge in [-0.05, 0) is 45.3 Å². The highest BCUT2D eigenvalue weighted by atomic mass is 32.1. The lowest BCUT2D eigenvalue weighted by molar-refractivity contribution is 0.00578. The van der Waals surface area contributed by atoms with Crippen LogP contribution in [0.4, 0.5) is 5.69 Å². The van der Waals surface area contributed by atoms with Gasteiger partial charge in [-0.3, -0.25) is 0 Å². The second-order valence-corrected chi connectivity index (χ2v) is 7.58. The van der Waals surface area contributed by atoms with Gasteiger partial charge in [0.05, 0.1) is 16.9 Å². The number of nitrogen functional groups attached to an aromatic ring is 1. The summed E-state index contributed by atoms with van der Waals surface area (Å²) in [6, 6.07) is 5.61. The number of hydrogen-bond acceptors (Lipinski definition) is 6. The summed E-state index contributed by atoms with van der Waals surface area (Å²) in [7, 11) is -0.428. The lowest BCUT2D eigenvalue weighted by atomic mass is 9.79. The summed E-state index contributed by atoms with van der Waals surface area (Å²) >= 11 is 1.55. The van der Waals surface area contributed by atoms with Crippen molar-refractivity contribution in [3.63, 3.8) is 0 Å². The predicted octanol–water partition coefficient (Wildman–Crippen LogP) is 2.60.